The van der Waals surface area contributed by atoms with Gasteiger partial charge in [0.2, 0.25) is 10.0 Å². The molecule has 0 spiro atoms. The van der Waals surface area contributed by atoms with Crippen LogP contribution in [0.25, 0.3) is 10.2 Å². The van der Waals surface area contributed by atoms with Crippen LogP contribution >= 0.6 is 11.3 Å². The Hall–Kier alpha value is -3.74. The number of amides is 1. The van der Waals surface area contributed by atoms with E-state index >= 15 is 0 Å². The molecule has 0 radical (unpaired) electrons. The molecule has 1 aliphatic heterocycles. The van der Waals surface area contributed by atoms with Crippen molar-refractivity contribution in [3.8, 4) is 11.5 Å². The van der Waals surface area contributed by atoms with Gasteiger partial charge in [0.1, 0.15) is 19.8 Å². The second-order valence-corrected chi connectivity index (χ2v) is 11.0. The molecule has 3 aromatic rings. The Morgan fingerprint density at radius 3 is 2.34 bits per heavy atom. The third-order valence-electron chi connectivity index (χ3n) is 5.54. The maximum Gasteiger partial charge on any atom is 0.326 e. The van der Waals surface area contributed by atoms with Gasteiger partial charge in [0, 0.05) is 30.8 Å². The van der Waals surface area contributed by atoms with Gasteiger partial charge in [0.15, 0.2) is 16.3 Å². The molecule has 1 aliphatic rings. The summed E-state index contributed by atoms with van der Waals surface area (Å²) in [5.41, 5.74) is 0.832. The van der Waals surface area contributed by atoms with Crippen molar-refractivity contribution in [1.29, 1.82) is 0 Å². The van der Waals surface area contributed by atoms with Crippen LogP contribution in [0, 0.1) is 0 Å². The number of nitrogens with zero attached hydrogens (tertiary/aromatic N) is 3. The van der Waals surface area contributed by atoms with E-state index in [1.807, 2.05) is 0 Å². The number of benzene rings is 2. The van der Waals surface area contributed by atoms with Gasteiger partial charge < -0.3 is 18.8 Å². The molecule has 0 saturated carbocycles. The predicted molar refractivity (Wildman–Crippen MR) is 143 cm³/mol. The number of rotatable bonds is 10. The molecule has 1 aromatic heterocycles. The molecule has 200 valence electrons. The Balaban J connectivity index is 1.71. The van der Waals surface area contributed by atoms with Gasteiger partial charge in [0.25, 0.3) is 5.91 Å². The van der Waals surface area contributed by atoms with Gasteiger partial charge >= 0.3 is 5.97 Å². The number of hydrogen-bond donors (Lipinski definition) is 0. The fourth-order valence-electron chi connectivity index (χ4n) is 3.81. The first-order chi connectivity index (χ1) is 18.3. The lowest BCUT2D eigenvalue weighted by Crippen LogP contribution is -2.31. The number of carbonyl (C=O) groups is 2. The van der Waals surface area contributed by atoms with Crippen molar-refractivity contribution in [2.45, 2.75) is 18.4 Å². The maximum absolute atomic E-state index is 13.1. The molecule has 2 heterocycles. The monoisotopic (exact) mass is 557 g/mol. The third kappa shape index (κ3) is 5.72. The smallest absolute Gasteiger partial charge is 0.326 e. The van der Waals surface area contributed by atoms with E-state index in [1.165, 1.54) is 52.1 Å². The van der Waals surface area contributed by atoms with Crippen LogP contribution in [0.5, 0.6) is 11.5 Å². The minimum absolute atomic E-state index is 0.0302. The largest absolute Gasteiger partial charge is 0.486 e. The number of thiazole rings is 1. The Morgan fingerprint density at radius 1 is 1.11 bits per heavy atom. The van der Waals surface area contributed by atoms with Crippen molar-refractivity contribution in [3.63, 3.8) is 0 Å². The first-order valence-electron chi connectivity index (χ1n) is 11.8. The van der Waals surface area contributed by atoms with E-state index in [9.17, 15) is 18.0 Å². The summed E-state index contributed by atoms with van der Waals surface area (Å²) in [5, 5.41) is 0. The lowest BCUT2D eigenvalue weighted by Gasteiger charge is -2.19. The number of carbonyl (C=O) groups excluding carboxylic acids is 2. The molecule has 12 heteroatoms. The van der Waals surface area contributed by atoms with Crippen LogP contribution < -0.4 is 14.3 Å². The van der Waals surface area contributed by atoms with Crippen LogP contribution in [0.15, 0.2) is 71.6 Å². The maximum atomic E-state index is 13.1. The van der Waals surface area contributed by atoms with Gasteiger partial charge in [-0.25, -0.2) is 8.42 Å². The number of hydrogen-bond acceptors (Lipinski definition) is 8. The molecule has 0 saturated heterocycles. The van der Waals surface area contributed by atoms with Crippen molar-refractivity contribution in [1.82, 2.24) is 8.87 Å². The Bertz CT molecular complexity index is 1540. The average Bonchev–Trinajstić information content (AvgIpc) is 3.22. The highest BCUT2D eigenvalue weighted by Crippen LogP contribution is 2.35. The van der Waals surface area contributed by atoms with Crippen LogP contribution in [0.2, 0.25) is 0 Å². The number of ether oxygens (including phenoxy) is 3. The van der Waals surface area contributed by atoms with E-state index in [1.54, 1.807) is 23.6 Å². The van der Waals surface area contributed by atoms with Crippen LogP contribution in [0.3, 0.4) is 0 Å². The highest BCUT2D eigenvalue weighted by molar-refractivity contribution is 7.89. The summed E-state index contributed by atoms with van der Waals surface area (Å²) in [4.78, 5) is 30.0. The zero-order valence-corrected chi connectivity index (χ0v) is 22.4. The van der Waals surface area contributed by atoms with Gasteiger partial charge in [-0.1, -0.05) is 23.5 Å². The molecule has 1 amide bonds. The van der Waals surface area contributed by atoms with Crippen LogP contribution in [-0.2, 0) is 26.1 Å². The van der Waals surface area contributed by atoms with Crippen LogP contribution in [-0.4, -0.2) is 62.1 Å². The SMILES string of the molecule is C=CCN(CC=C)S(=O)(=O)c1ccc(C(=O)N=c2sc3cc4c(cc3n2CC(=O)OCC)OCCO4)cc1. The van der Waals surface area contributed by atoms with Crippen LogP contribution in [0.4, 0.5) is 0 Å². The summed E-state index contributed by atoms with van der Waals surface area (Å²) < 4.78 is 45.9. The van der Waals surface area contributed by atoms with E-state index < -0.39 is 21.9 Å². The molecule has 0 atom stereocenters. The van der Waals surface area contributed by atoms with Gasteiger partial charge in [-0.2, -0.15) is 9.30 Å². The first kappa shape index (κ1) is 27.3. The normalized spacial score (nSPS) is 13.5. The molecule has 0 fully saturated rings. The lowest BCUT2D eigenvalue weighted by atomic mass is 10.2. The summed E-state index contributed by atoms with van der Waals surface area (Å²) >= 11 is 1.21. The fraction of sp³-hybridized carbons (Fsp3) is 0.269. The van der Waals surface area contributed by atoms with Crippen LogP contribution in [0.1, 0.15) is 17.3 Å². The van der Waals surface area contributed by atoms with Crippen molar-refractivity contribution < 1.29 is 32.2 Å². The Labute approximate surface area is 224 Å². The fourth-order valence-corrected chi connectivity index (χ4v) is 6.23. The molecule has 4 rings (SSSR count). The quantitative estimate of drug-likeness (QED) is 0.278. The number of sulfonamides is 1. The summed E-state index contributed by atoms with van der Waals surface area (Å²) in [5.74, 6) is 0.0410. The molecule has 0 aliphatic carbocycles. The highest BCUT2D eigenvalue weighted by Gasteiger charge is 2.23. The topological polar surface area (TPSA) is 117 Å². The number of esters is 1. The number of fused-ring (bicyclic) bond motifs is 2. The molecular formula is C26H27N3O7S2. The third-order valence-corrected chi connectivity index (χ3v) is 8.43. The molecule has 38 heavy (non-hydrogen) atoms. The van der Waals surface area contributed by atoms with Gasteiger partial charge in [-0.3, -0.25) is 9.59 Å². The molecular weight excluding hydrogens is 530 g/mol. The van der Waals surface area contributed by atoms with Crippen molar-refractivity contribution in [2.75, 3.05) is 32.9 Å². The van der Waals surface area contributed by atoms with E-state index in [4.69, 9.17) is 14.2 Å². The summed E-state index contributed by atoms with van der Waals surface area (Å²) in [6.07, 6.45) is 2.98. The minimum Gasteiger partial charge on any atom is -0.486 e. The van der Waals surface area contributed by atoms with Gasteiger partial charge in [-0.15, -0.1) is 13.2 Å². The van der Waals surface area contributed by atoms with Crippen molar-refractivity contribution >= 4 is 43.5 Å². The molecule has 10 nitrogen and oxygen atoms in total. The van der Waals surface area contributed by atoms with E-state index in [0.717, 1.165) is 4.70 Å². The molecule has 2 aromatic carbocycles. The average molecular weight is 558 g/mol. The summed E-state index contributed by atoms with van der Waals surface area (Å²) in [6, 6.07) is 9.07. The van der Waals surface area contributed by atoms with E-state index in [2.05, 4.69) is 18.2 Å². The second-order valence-electron chi connectivity index (χ2n) is 8.08. The van der Waals surface area contributed by atoms with Crippen molar-refractivity contribution in [3.05, 3.63) is 72.1 Å². The lowest BCUT2D eigenvalue weighted by molar-refractivity contribution is -0.143. The number of aromatic nitrogens is 1. The minimum atomic E-state index is -3.81. The zero-order valence-electron chi connectivity index (χ0n) is 20.8. The predicted octanol–water partition coefficient (Wildman–Crippen LogP) is 3.14. The highest BCUT2D eigenvalue weighted by atomic mass is 32.2. The standard InChI is InChI=1S/C26H27N3O7S2/c1-4-11-28(12-5-2)38(32,33)19-9-7-18(8-10-19)25(31)27-26-29(17-24(30)34-6-3)20-15-21-22(16-23(20)37-26)36-14-13-35-21/h4-5,7-10,15-16H,1-2,6,11-14,17H2,3H3. The first-order valence-corrected chi connectivity index (χ1v) is 14.0. The second kappa shape index (κ2) is 11.8. The van der Waals surface area contributed by atoms with Crippen molar-refractivity contribution in [2.24, 2.45) is 4.99 Å². The summed E-state index contributed by atoms with van der Waals surface area (Å²) in [7, 11) is -3.81. The summed E-state index contributed by atoms with van der Waals surface area (Å²) in [6.45, 7) is 10.0. The van der Waals surface area contributed by atoms with Gasteiger partial charge in [0.05, 0.1) is 21.7 Å². The Kier molecular flexibility index (Phi) is 8.45. The zero-order chi connectivity index (χ0) is 27.3. The molecule has 0 bridgehead atoms. The Morgan fingerprint density at radius 2 is 1.74 bits per heavy atom. The van der Waals surface area contributed by atoms with E-state index in [0.29, 0.717) is 30.2 Å². The molecule has 0 N–H and O–H groups in total. The van der Waals surface area contributed by atoms with E-state index in [-0.39, 0.29) is 41.5 Å². The molecule has 0 unspecified atom stereocenters. The van der Waals surface area contributed by atoms with Gasteiger partial charge in [-0.05, 0) is 31.2 Å².